The van der Waals surface area contributed by atoms with Gasteiger partial charge in [-0.25, -0.2) is 4.98 Å². The number of aromatic nitrogens is 5. The van der Waals surface area contributed by atoms with Gasteiger partial charge in [0.05, 0.1) is 22.0 Å². The van der Waals surface area contributed by atoms with Crippen molar-refractivity contribution >= 4 is 38.8 Å². The summed E-state index contributed by atoms with van der Waals surface area (Å²) in [4.78, 5) is 15.3. The topological polar surface area (TPSA) is 82.3 Å². The van der Waals surface area contributed by atoms with Gasteiger partial charge in [0.25, 0.3) is 0 Å². The molecule has 0 bridgehead atoms. The number of aryl methyl sites for hydroxylation is 1. The van der Waals surface area contributed by atoms with Crippen LogP contribution in [0.3, 0.4) is 0 Å². The molecule has 0 saturated heterocycles. The number of aromatic amines is 2. The predicted molar refractivity (Wildman–Crippen MR) is 147 cm³/mol. The van der Waals surface area contributed by atoms with Gasteiger partial charge in [-0.1, -0.05) is 12.7 Å². The highest BCUT2D eigenvalue weighted by Gasteiger charge is 2.16. The van der Waals surface area contributed by atoms with Crippen LogP contribution in [0.15, 0.2) is 73.2 Å². The molecule has 35 heavy (non-hydrogen) atoms. The van der Waals surface area contributed by atoms with E-state index >= 15 is 0 Å². The van der Waals surface area contributed by atoms with E-state index < -0.39 is 0 Å². The Balaban J connectivity index is 1.59. The van der Waals surface area contributed by atoms with E-state index in [0.29, 0.717) is 11.7 Å². The van der Waals surface area contributed by atoms with E-state index in [0.717, 1.165) is 55.1 Å². The van der Waals surface area contributed by atoms with Crippen molar-refractivity contribution in [1.82, 2.24) is 30.5 Å². The van der Waals surface area contributed by atoms with Crippen LogP contribution in [0.25, 0.3) is 49.5 Å². The van der Waals surface area contributed by atoms with E-state index in [-0.39, 0.29) is 0 Å². The monoisotopic (exact) mass is 480 g/mol. The Bertz CT molecular complexity index is 1590. The van der Waals surface area contributed by atoms with E-state index in [9.17, 15) is 0 Å². The SMILES string of the molecule is C=C/C(=C\C(=C/C)c1cnc2n[nH]c(-c3cc4c(-c5ccc(C)s5)nccc4[nH]3)c2c1)NC(C)C. The fourth-order valence-corrected chi connectivity index (χ4v) is 5.08. The summed E-state index contributed by atoms with van der Waals surface area (Å²) < 4.78 is 0. The van der Waals surface area contributed by atoms with Crippen molar-refractivity contribution in [2.24, 2.45) is 0 Å². The van der Waals surface area contributed by atoms with Gasteiger partial charge in [-0.2, -0.15) is 5.10 Å². The second-order valence-corrected chi connectivity index (χ2v) is 10.0. The molecule has 7 heteroatoms. The summed E-state index contributed by atoms with van der Waals surface area (Å²) in [6, 6.07) is 10.9. The predicted octanol–water partition coefficient (Wildman–Crippen LogP) is 7.01. The van der Waals surface area contributed by atoms with E-state index in [1.54, 1.807) is 11.3 Å². The van der Waals surface area contributed by atoms with Crippen molar-refractivity contribution < 1.29 is 0 Å². The number of fused-ring (bicyclic) bond motifs is 2. The molecule has 0 unspecified atom stereocenters. The molecule has 3 N–H and O–H groups in total. The number of nitrogens with zero attached hydrogens (tertiary/aromatic N) is 3. The molecule has 6 nitrogen and oxygen atoms in total. The average molecular weight is 481 g/mol. The number of pyridine rings is 2. The fourth-order valence-electron chi connectivity index (χ4n) is 4.20. The molecule has 0 aromatic carbocycles. The molecule has 0 atom stereocenters. The highest BCUT2D eigenvalue weighted by molar-refractivity contribution is 7.15. The van der Waals surface area contributed by atoms with Crippen molar-refractivity contribution in [1.29, 1.82) is 0 Å². The summed E-state index contributed by atoms with van der Waals surface area (Å²) in [5, 5.41) is 13.1. The van der Waals surface area contributed by atoms with Gasteiger partial charge in [0.15, 0.2) is 5.65 Å². The summed E-state index contributed by atoms with van der Waals surface area (Å²) in [6.07, 6.45) is 9.73. The van der Waals surface area contributed by atoms with Crippen LogP contribution in [-0.4, -0.2) is 31.2 Å². The average Bonchev–Trinajstić information content (AvgIpc) is 3.58. The standard InChI is InChI=1S/C28H28N6S/c1-6-18(12-20(7-2)31-16(3)4)19-13-22-26(33-34-28(22)30-15-19)24-14-21-23(32-24)10-11-29-27(21)25-9-8-17(5)35-25/h6-16,31-32H,2H2,1,3-5H3,(H,30,33,34)/b18-6+,20-12+. The molecule has 0 radical (unpaired) electrons. The van der Waals surface area contributed by atoms with Crippen LogP contribution in [0.1, 0.15) is 31.2 Å². The number of thiophene rings is 1. The van der Waals surface area contributed by atoms with E-state index in [2.05, 4.69) is 94.2 Å². The Labute approximate surface area is 208 Å². The lowest BCUT2D eigenvalue weighted by atomic mass is 10.0. The highest BCUT2D eigenvalue weighted by atomic mass is 32.1. The van der Waals surface area contributed by atoms with Crippen LogP contribution < -0.4 is 5.32 Å². The van der Waals surface area contributed by atoms with Gasteiger partial charge in [-0.15, -0.1) is 11.3 Å². The number of rotatable bonds is 7. The third kappa shape index (κ3) is 4.42. The van der Waals surface area contributed by atoms with Gasteiger partial charge >= 0.3 is 0 Å². The second-order valence-electron chi connectivity index (χ2n) is 8.75. The van der Waals surface area contributed by atoms with Crippen molar-refractivity contribution in [2.75, 3.05) is 0 Å². The second kappa shape index (κ2) is 9.35. The largest absolute Gasteiger partial charge is 0.383 e. The van der Waals surface area contributed by atoms with Crippen LogP contribution in [0, 0.1) is 6.92 Å². The highest BCUT2D eigenvalue weighted by Crippen LogP contribution is 2.35. The third-order valence-electron chi connectivity index (χ3n) is 5.83. The fraction of sp³-hybridized carbons (Fsp3) is 0.179. The minimum atomic E-state index is 0.318. The van der Waals surface area contributed by atoms with Crippen LogP contribution in [0.5, 0.6) is 0 Å². The first-order valence-corrected chi connectivity index (χ1v) is 12.4. The number of hydrogen-bond acceptors (Lipinski definition) is 5. The zero-order valence-corrected chi connectivity index (χ0v) is 21.1. The lowest BCUT2D eigenvalue weighted by molar-refractivity contribution is 0.682. The molecule has 5 aromatic rings. The van der Waals surface area contributed by atoms with Crippen LogP contribution in [0.2, 0.25) is 0 Å². The smallest absolute Gasteiger partial charge is 0.181 e. The molecule has 0 fully saturated rings. The molecule has 0 spiro atoms. The summed E-state index contributed by atoms with van der Waals surface area (Å²) in [6.45, 7) is 12.3. The third-order valence-corrected chi connectivity index (χ3v) is 6.84. The summed E-state index contributed by atoms with van der Waals surface area (Å²) in [5.41, 5.74) is 7.61. The van der Waals surface area contributed by atoms with E-state index in [1.165, 1.54) is 4.88 Å². The zero-order valence-electron chi connectivity index (χ0n) is 20.3. The Morgan fingerprint density at radius 2 is 2.00 bits per heavy atom. The Hall–Kier alpha value is -3.97. The quantitative estimate of drug-likeness (QED) is 0.219. The summed E-state index contributed by atoms with van der Waals surface area (Å²) in [7, 11) is 0. The van der Waals surface area contributed by atoms with Crippen molar-refractivity contribution in [3.05, 3.63) is 83.7 Å². The van der Waals surface area contributed by atoms with Crippen molar-refractivity contribution in [3.63, 3.8) is 0 Å². The summed E-state index contributed by atoms with van der Waals surface area (Å²) >= 11 is 1.75. The first-order valence-electron chi connectivity index (χ1n) is 11.6. The zero-order chi connectivity index (χ0) is 24.5. The molecule has 0 aliphatic rings. The molecule has 5 aromatic heterocycles. The maximum Gasteiger partial charge on any atom is 0.181 e. The van der Waals surface area contributed by atoms with Crippen LogP contribution in [0.4, 0.5) is 0 Å². The number of H-pyrrole nitrogens is 2. The lowest BCUT2D eigenvalue weighted by Crippen LogP contribution is -2.20. The van der Waals surface area contributed by atoms with Crippen molar-refractivity contribution in [2.45, 2.75) is 33.7 Å². The van der Waals surface area contributed by atoms with Crippen molar-refractivity contribution in [3.8, 4) is 22.0 Å². The van der Waals surface area contributed by atoms with Gasteiger partial charge in [-0.3, -0.25) is 10.1 Å². The number of hydrogen-bond donors (Lipinski definition) is 3. The molecule has 0 saturated carbocycles. The number of allylic oxidation sites excluding steroid dienone is 4. The molecular formula is C28H28N6S. The number of nitrogens with one attached hydrogen (secondary N) is 3. The maximum absolute atomic E-state index is 4.68. The molecule has 176 valence electrons. The molecule has 5 rings (SSSR count). The van der Waals surface area contributed by atoms with Gasteiger partial charge < -0.3 is 10.3 Å². The maximum atomic E-state index is 4.68. The van der Waals surface area contributed by atoms with Crippen LogP contribution >= 0.6 is 11.3 Å². The Morgan fingerprint density at radius 1 is 1.14 bits per heavy atom. The molecule has 0 amide bonds. The summed E-state index contributed by atoms with van der Waals surface area (Å²) in [5.74, 6) is 0. The normalized spacial score (nSPS) is 12.7. The minimum Gasteiger partial charge on any atom is -0.383 e. The van der Waals surface area contributed by atoms with Gasteiger partial charge in [-0.05, 0) is 75.8 Å². The minimum absolute atomic E-state index is 0.318. The van der Waals surface area contributed by atoms with Crippen LogP contribution in [-0.2, 0) is 0 Å². The van der Waals surface area contributed by atoms with E-state index in [1.807, 2.05) is 31.5 Å². The lowest BCUT2D eigenvalue weighted by Gasteiger charge is -2.12. The molecule has 0 aliphatic carbocycles. The van der Waals surface area contributed by atoms with Gasteiger partial charge in [0.1, 0.15) is 0 Å². The van der Waals surface area contributed by atoms with E-state index in [4.69, 9.17) is 0 Å². The molecular weight excluding hydrogens is 452 g/mol. The Kier molecular flexibility index (Phi) is 6.09. The Morgan fingerprint density at radius 3 is 2.71 bits per heavy atom. The molecule has 5 heterocycles. The molecule has 0 aliphatic heterocycles. The first kappa shape index (κ1) is 22.8. The van der Waals surface area contributed by atoms with Gasteiger partial charge in [0, 0.05) is 50.9 Å². The van der Waals surface area contributed by atoms with Gasteiger partial charge in [0.2, 0.25) is 0 Å². The first-order chi connectivity index (χ1) is 17.0.